The Kier molecular flexibility index (Phi) is 10.1. The molecule has 0 heterocycles. The second-order valence-electron chi connectivity index (χ2n) is 9.01. The predicted octanol–water partition coefficient (Wildman–Crippen LogP) is 5.00. The van der Waals surface area contributed by atoms with Gasteiger partial charge in [0.15, 0.2) is 6.29 Å². The highest BCUT2D eigenvalue weighted by Gasteiger charge is 2.29. The van der Waals surface area contributed by atoms with Gasteiger partial charge in [0.05, 0.1) is 22.7 Å². The number of alkyl carbamates (subject to hydrolysis) is 1. The van der Waals surface area contributed by atoms with Gasteiger partial charge in [-0.15, -0.1) is 0 Å². The number of hydrogen-bond donors (Lipinski definition) is 1. The molecule has 0 radical (unpaired) electrons. The molecule has 1 atom stereocenters. The zero-order valence-electron chi connectivity index (χ0n) is 19.0. The number of halogens is 1. The molecular formula is C22H34BrNO6. The van der Waals surface area contributed by atoms with Crippen molar-refractivity contribution >= 4 is 28.3 Å². The molecule has 0 aliphatic rings. The number of rotatable bonds is 10. The van der Waals surface area contributed by atoms with Crippen molar-refractivity contribution in [3.05, 3.63) is 22.2 Å². The fourth-order valence-electron chi connectivity index (χ4n) is 2.39. The topological polar surface area (TPSA) is 83.1 Å². The van der Waals surface area contributed by atoms with Crippen LogP contribution in [0, 0.1) is 5.41 Å². The molecule has 1 amide bonds. The van der Waals surface area contributed by atoms with Gasteiger partial charge in [0.1, 0.15) is 23.7 Å². The van der Waals surface area contributed by atoms with Crippen molar-refractivity contribution in [2.45, 2.75) is 59.6 Å². The number of hydrogen-bond acceptors (Lipinski definition) is 6. The van der Waals surface area contributed by atoms with Crippen molar-refractivity contribution < 1.29 is 28.5 Å². The summed E-state index contributed by atoms with van der Waals surface area (Å²) in [6.07, 6.45) is 0.947. The highest BCUT2D eigenvalue weighted by molar-refractivity contribution is 9.10. The molecule has 1 N–H and O–H groups in total. The lowest BCUT2D eigenvalue weighted by atomic mass is 9.87. The minimum absolute atomic E-state index is 0.161. The molecule has 0 unspecified atom stereocenters. The van der Waals surface area contributed by atoms with E-state index in [2.05, 4.69) is 21.2 Å². The van der Waals surface area contributed by atoms with Gasteiger partial charge in [-0.25, -0.2) is 4.79 Å². The van der Waals surface area contributed by atoms with E-state index >= 15 is 0 Å². The third kappa shape index (κ3) is 9.34. The summed E-state index contributed by atoms with van der Waals surface area (Å²) in [4.78, 5) is 23.8. The van der Waals surface area contributed by atoms with Crippen LogP contribution in [0.3, 0.4) is 0 Å². The second-order valence-corrected chi connectivity index (χ2v) is 9.86. The van der Waals surface area contributed by atoms with Gasteiger partial charge in [-0.1, -0.05) is 20.8 Å². The Balaban J connectivity index is 2.93. The van der Waals surface area contributed by atoms with Gasteiger partial charge in [-0.3, -0.25) is 4.79 Å². The summed E-state index contributed by atoms with van der Waals surface area (Å²) in [5.41, 5.74) is -0.512. The molecule has 170 valence electrons. The van der Waals surface area contributed by atoms with E-state index < -0.39 is 11.7 Å². The van der Waals surface area contributed by atoms with E-state index in [1.807, 2.05) is 41.5 Å². The van der Waals surface area contributed by atoms with Gasteiger partial charge in [0, 0.05) is 26.2 Å². The van der Waals surface area contributed by atoms with E-state index in [0.717, 1.165) is 12.7 Å². The second kappa shape index (κ2) is 11.6. The van der Waals surface area contributed by atoms with Gasteiger partial charge >= 0.3 is 6.09 Å². The molecule has 0 spiro atoms. The van der Waals surface area contributed by atoms with Gasteiger partial charge in [0.25, 0.3) is 0 Å². The number of ether oxygens (including phenoxy) is 4. The maximum atomic E-state index is 12.2. The van der Waals surface area contributed by atoms with Crippen molar-refractivity contribution in [3.63, 3.8) is 0 Å². The highest BCUT2D eigenvalue weighted by Crippen LogP contribution is 2.33. The van der Waals surface area contributed by atoms with Crippen LogP contribution in [0.4, 0.5) is 4.79 Å². The van der Waals surface area contributed by atoms with Gasteiger partial charge in [0.2, 0.25) is 0 Å². The lowest BCUT2D eigenvalue weighted by Crippen LogP contribution is -2.49. The maximum absolute atomic E-state index is 12.2. The minimum atomic E-state index is -0.598. The normalized spacial score (nSPS) is 12.8. The monoisotopic (exact) mass is 487 g/mol. The fourth-order valence-corrected chi connectivity index (χ4v) is 2.87. The Morgan fingerprint density at radius 3 is 2.30 bits per heavy atom. The molecule has 1 aromatic carbocycles. The van der Waals surface area contributed by atoms with E-state index in [1.165, 1.54) is 0 Å². The van der Waals surface area contributed by atoms with E-state index in [0.29, 0.717) is 34.7 Å². The lowest BCUT2D eigenvalue weighted by molar-refractivity contribution is 0.0429. The molecule has 30 heavy (non-hydrogen) atoms. The van der Waals surface area contributed by atoms with Gasteiger partial charge in [-0.05, 0) is 48.2 Å². The summed E-state index contributed by atoms with van der Waals surface area (Å²) >= 11 is 3.42. The summed E-state index contributed by atoms with van der Waals surface area (Å²) in [5, 5.41) is 2.87. The zero-order chi connectivity index (χ0) is 22.9. The SMILES string of the molecule is COCCCOc1cc(OC[C@H](NC(=O)OC(C)(C)C)C(C)(C)C)c(C=O)cc1Br. The first-order valence-electron chi connectivity index (χ1n) is 9.90. The smallest absolute Gasteiger partial charge is 0.408 e. The molecule has 1 aromatic rings. The average molecular weight is 488 g/mol. The predicted molar refractivity (Wildman–Crippen MR) is 120 cm³/mol. The molecule has 0 aliphatic heterocycles. The first-order chi connectivity index (χ1) is 13.9. The van der Waals surface area contributed by atoms with Crippen LogP contribution in [0.5, 0.6) is 11.5 Å². The molecule has 0 saturated heterocycles. The molecule has 1 rings (SSSR count). The van der Waals surface area contributed by atoms with Crippen LogP contribution in [-0.4, -0.2) is 51.0 Å². The first-order valence-corrected chi connectivity index (χ1v) is 10.7. The first kappa shape index (κ1) is 26.2. The average Bonchev–Trinajstić information content (AvgIpc) is 2.61. The quantitative estimate of drug-likeness (QED) is 0.369. The van der Waals surface area contributed by atoms with Crippen molar-refractivity contribution in [1.82, 2.24) is 5.32 Å². The maximum Gasteiger partial charge on any atom is 0.408 e. The highest BCUT2D eigenvalue weighted by atomic mass is 79.9. The zero-order valence-corrected chi connectivity index (χ0v) is 20.6. The summed E-state index contributed by atoms with van der Waals surface area (Å²) in [6, 6.07) is 2.98. The standard InChI is InChI=1S/C22H34BrNO6/c1-21(2,3)19(24-20(26)30-22(4,5)6)14-29-17-12-18(28-10-8-9-27-7)16(23)11-15(17)13-25/h11-13,19H,8-10,14H2,1-7H3,(H,24,26)/t19-/m0/s1. The third-order valence-corrected chi connectivity index (χ3v) is 4.70. The summed E-state index contributed by atoms with van der Waals surface area (Å²) in [6.45, 7) is 12.6. The van der Waals surface area contributed by atoms with Crippen LogP contribution in [0.25, 0.3) is 0 Å². The van der Waals surface area contributed by atoms with Gasteiger partial charge in [-0.2, -0.15) is 0 Å². The molecular weight excluding hydrogens is 454 g/mol. The van der Waals surface area contributed by atoms with Crippen LogP contribution in [0.2, 0.25) is 0 Å². The Bertz CT molecular complexity index is 709. The van der Waals surface area contributed by atoms with E-state index in [9.17, 15) is 9.59 Å². The summed E-state index contributed by atoms with van der Waals surface area (Å²) < 4.78 is 22.7. The molecule has 7 nitrogen and oxygen atoms in total. The largest absolute Gasteiger partial charge is 0.492 e. The Morgan fingerprint density at radius 1 is 1.10 bits per heavy atom. The molecule has 0 aliphatic carbocycles. The molecule has 0 bridgehead atoms. The van der Waals surface area contributed by atoms with Crippen molar-refractivity contribution in [2.75, 3.05) is 26.9 Å². The van der Waals surface area contributed by atoms with E-state index in [-0.39, 0.29) is 18.1 Å². The number of carbonyl (C=O) groups is 2. The molecule has 0 saturated carbocycles. The van der Waals surface area contributed by atoms with Crippen LogP contribution in [0.1, 0.15) is 58.3 Å². The number of nitrogens with one attached hydrogen (secondary N) is 1. The van der Waals surface area contributed by atoms with Crippen molar-refractivity contribution in [2.24, 2.45) is 5.41 Å². The number of benzene rings is 1. The molecule has 0 aromatic heterocycles. The minimum Gasteiger partial charge on any atom is -0.492 e. The number of amides is 1. The van der Waals surface area contributed by atoms with Crippen LogP contribution < -0.4 is 14.8 Å². The fraction of sp³-hybridized carbons (Fsp3) is 0.636. The van der Waals surface area contributed by atoms with Crippen LogP contribution in [0.15, 0.2) is 16.6 Å². The van der Waals surface area contributed by atoms with Crippen LogP contribution in [-0.2, 0) is 9.47 Å². The van der Waals surface area contributed by atoms with Crippen molar-refractivity contribution in [3.8, 4) is 11.5 Å². The third-order valence-electron chi connectivity index (χ3n) is 4.08. The Hall–Kier alpha value is -1.80. The number of methoxy groups -OCH3 is 1. The van der Waals surface area contributed by atoms with Crippen LogP contribution >= 0.6 is 15.9 Å². The molecule has 0 fully saturated rings. The Labute approximate surface area is 187 Å². The van der Waals surface area contributed by atoms with E-state index in [4.69, 9.17) is 18.9 Å². The van der Waals surface area contributed by atoms with Crippen molar-refractivity contribution in [1.29, 1.82) is 0 Å². The van der Waals surface area contributed by atoms with E-state index in [1.54, 1.807) is 19.2 Å². The molecule has 8 heteroatoms. The summed E-state index contributed by atoms with van der Waals surface area (Å²) in [5.74, 6) is 0.953. The number of carbonyl (C=O) groups excluding carboxylic acids is 2. The summed E-state index contributed by atoms with van der Waals surface area (Å²) in [7, 11) is 1.64. The Morgan fingerprint density at radius 2 is 1.77 bits per heavy atom. The lowest BCUT2D eigenvalue weighted by Gasteiger charge is -2.32. The number of aldehydes is 1. The van der Waals surface area contributed by atoms with Gasteiger partial charge < -0.3 is 24.3 Å².